The zero-order chi connectivity index (χ0) is 10.4. The molecule has 4 heteroatoms. The van der Waals surface area contributed by atoms with Crippen LogP contribution in [-0.2, 0) is 9.59 Å². The molecule has 0 saturated carbocycles. The fourth-order valence-corrected chi connectivity index (χ4v) is 1.16. The third-order valence-corrected chi connectivity index (χ3v) is 1.83. The van der Waals surface area contributed by atoms with Gasteiger partial charge in [-0.15, -0.1) is 0 Å². The molecular weight excluding hydrogens is 170 g/mol. The molecule has 0 spiro atoms. The van der Waals surface area contributed by atoms with E-state index in [0.29, 0.717) is 18.4 Å². The quantitative estimate of drug-likeness (QED) is 0.640. The molecule has 0 aliphatic heterocycles. The second-order valence-electron chi connectivity index (χ2n) is 2.55. The van der Waals surface area contributed by atoms with E-state index in [9.17, 15) is 9.59 Å². The first-order valence-corrected chi connectivity index (χ1v) is 4.25. The summed E-state index contributed by atoms with van der Waals surface area (Å²) < 4.78 is 0. The van der Waals surface area contributed by atoms with Crippen LogP contribution in [0.5, 0.6) is 0 Å². The number of aliphatic carboxylic acids is 1. The van der Waals surface area contributed by atoms with E-state index in [0.717, 1.165) is 0 Å². The van der Waals surface area contributed by atoms with Crippen molar-refractivity contribution >= 4 is 11.9 Å². The van der Waals surface area contributed by atoms with Crippen molar-refractivity contribution in [3.63, 3.8) is 0 Å². The van der Waals surface area contributed by atoms with Gasteiger partial charge in [0.2, 0.25) is 5.91 Å². The highest BCUT2D eigenvalue weighted by Gasteiger charge is 2.15. The van der Waals surface area contributed by atoms with Gasteiger partial charge in [0.25, 0.3) is 0 Å². The molecule has 0 fully saturated rings. The third kappa shape index (κ3) is 2.89. The zero-order valence-electron chi connectivity index (χ0n) is 8.18. The highest BCUT2D eigenvalue weighted by Crippen LogP contribution is 2.12. The number of carbonyl (C=O) groups is 2. The number of hydrogen-bond donors (Lipinski definition) is 2. The summed E-state index contributed by atoms with van der Waals surface area (Å²) in [4.78, 5) is 21.9. The molecule has 2 N–H and O–H groups in total. The van der Waals surface area contributed by atoms with E-state index in [-0.39, 0.29) is 11.5 Å². The van der Waals surface area contributed by atoms with Gasteiger partial charge in [0.15, 0.2) is 0 Å². The summed E-state index contributed by atoms with van der Waals surface area (Å²) in [6.07, 6.45) is 0.807. The average Bonchev–Trinajstić information content (AvgIpc) is 2.12. The second kappa shape index (κ2) is 5.35. The van der Waals surface area contributed by atoms with E-state index in [2.05, 4.69) is 5.32 Å². The molecule has 0 unspecified atom stereocenters. The van der Waals surface area contributed by atoms with Gasteiger partial charge in [-0.25, -0.2) is 4.79 Å². The Balaban J connectivity index is 5.05. The predicted molar refractivity (Wildman–Crippen MR) is 49.3 cm³/mol. The van der Waals surface area contributed by atoms with Crippen molar-refractivity contribution in [3.8, 4) is 0 Å². The van der Waals surface area contributed by atoms with E-state index < -0.39 is 5.97 Å². The molecule has 13 heavy (non-hydrogen) atoms. The largest absolute Gasteiger partial charge is 0.478 e. The van der Waals surface area contributed by atoms with Crippen LogP contribution < -0.4 is 5.32 Å². The van der Waals surface area contributed by atoms with Gasteiger partial charge in [0.05, 0.1) is 0 Å². The summed E-state index contributed by atoms with van der Waals surface area (Å²) in [6, 6.07) is 0. The first-order chi connectivity index (χ1) is 6.08. The Morgan fingerprint density at radius 3 is 1.85 bits per heavy atom. The minimum Gasteiger partial charge on any atom is -0.478 e. The molecule has 0 aliphatic carbocycles. The van der Waals surface area contributed by atoms with E-state index in [1.807, 2.05) is 0 Å². The van der Waals surface area contributed by atoms with Gasteiger partial charge < -0.3 is 10.4 Å². The molecule has 0 heterocycles. The number of likely N-dealkylation sites (N-methyl/N-ethyl adjacent to an activating group) is 1. The molecular formula is C9H15NO3. The van der Waals surface area contributed by atoms with Crippen LogP contribution in [-0.4, -0.2) is 24.0 Å². The molecule has 0 rings (SSSR count). The number of carbonyl (C=O) groups excluding carboxylic acids is 1. The number of rotatable bonds is 4. The Kier molecular flexibility index (Phi) is 4.80. The number of carboxylic acid groups (broad SMARTS) is 1. The molecule has 4 nitrogen and oxygen atoms in total. The van der Waals surface area contributed by atoms with Crippen LogP contribution in [0, 0.1) is 0 Å². The lowest BCUT2D eigenvalue weighted by Gasteiger charge is -2.07. The fraction of sp³-hybridized carbons (Fsp3) is 0.556. The monoisotopic (exact) mass is 185 g/mol. The second-order valence-corrected chi connectivity index (χ2v) is 2.55. The van der Waals surface area contributed by atoms with Crippen molar-refractivity contribution in [3.05, 3.63) is 11.1 Å². The van der Waals surface area contributed by atoms with Gasteiger partial charge in [-0.2, -0.15) is 0 Å². The Morgan fingerprint density at radius 2 is 1.62 bits per heavy atom. The smallest absolute Gasteiger partial charge is 0.332 e. The summed E-state index contributed by atoms with van der Waals surface area (Å²) in [5.74, 6) is -1.32. The highest BCUT2D eigenvalue weighted by atomic mass is 16.4. The third-order valence-electron chi connectivity index (χ3n) is 1.83. The van der Waals surface area contributed by atoms with Crippen LogP contribution >= 0.6 is 0 Å². The maximum atomic E-state index is 11.2. The van der Waals surface area contributed by atoms with Crippen molar-refractivity contribution in [2.45, 2.75) is 26.7 Å². The molecule has 0 aromatic heterocycles. The number of amides is 1. The van der Waals surface area contributed by atoms with Crippen LogP contribution in [0.25, 0.3) is 0 Å². The van der Waals surface area contributed by atoms with Crippen molar-refractivity contribution in [2.75, 3.05) is 7.05 Å². The zero-order valence-corrected chi connectivity index (χ0v) is 8.18. The summed E-state index contributed by atoms with van der Waals surface area (Å²) in [7, 11) is 1.49. The number of hydrogen-bond acceptors (Lipinski definition) is 2. The van der Waals surface area contributed by atoms with E-state index >= 15 is 0 Å². The van der Waals surface area contributed by atoms with Crippen LogP contribution in [0.1, 0.15) is 26.7 Å². The average molecular weight is 185 g/mol. The molecule has 0 radical (unpaired) electrons. The molecule has 1 amide bonds. The maximum absolute atomic E-state index is 11.2. The maximum Gasteiger partial charge on any atom is 0.332 e. The minimum atomic E-state index is -1.01. The SMILES string of the molecule is CC/C(C(=O)O)=C(\CC)C(=O)NC. The molecule has 0 bridgehead atoms. The molecule has 0 aromatic carbocycles. The van der Waals surface area contributed by atoms with Crippen molar-refractivity contribution in [1.82, 2.24) is 5.32 Å². The first-order valence-electron chi connectivity index (χ1n) is 4.25. The summed E-state index contributed by atoms with van der Waals surface area (Å²) in [5, 5.41) is 11.2. The van der Waals surface area contributed by atoms with Gasteiger partial charge in [0.1, 0.15) is 0 Å². The van der Waals surface area contributed by atoms with Crippen molar-refractivity contribution in [2.24, 2.45) is 0 Å². The first kappa shape index (κ1) is 11.7. The van der Waals surface area contributed by atoms with Gasteiger partial charge in [-0.1, -0.05) is 13.8 Å². The number of carboxylic acids is 1. The predicted octanol–water partition coefficient (Wildman–Crippen LogP) is 0.934. The summed E-state index contributed by atoms with van der Waals surface area (Å²) in [6.45, 7) is 3.49. The number of nitrogens with one attached hydrogen (secondary N) is 1. The fourth-order valence-electron chi connectivity index (χ4n) is 1.16. The highest BCUT2D eigenvalue weighted by molar-refractivity contribution is 6.01. The van der Waals surface area contributed by atoms with Gasteiger partial charge in [-0.05, 0) is 12.8 Å². The van der Waals surface area contributed by atoms with Crippen LogP contribution in [0.2, 0.25) is 0 Å². The molecule has 74 valence electrons. The Hall–Kier alpha value is -1.32. The molecule has 0 aromatic rings. The normalized spacial score (nSPS) is 11.9. The van der Waals surface area contributed by atoms with Gasteiger partial charge in [0, 0.05) is 18.2 Å². The lowest BCUT2D eigenvalue weighted by Crippen LogP contribution is -2.22. The van der Waals surface area contributed by atoms with Gasteiger partial charge in [-0.3, -0.25) is 4.79 Å². The van der Waals surface area contributed by atoms with E-state index in [4.69, 9.17) is 5.11 Å². The van der Waals surface area contributed by atoms with E-state index in [1.54, 1.807) is 13.8 Å². The summed E-state index contributed by atoms with van der Waals surface area (Å²) >= 11 is 0. The van der Waals surface area contributed by atoms with Crippen molar-refractivity contribution < 1.29 is 14.7 Å². The van der Waals surface area contributed by atoms with Crippen molar-refractivity contribution in [1.29, 1.82) is 0 Å². The van der Waals surface area contributed by atoms with Crippen LogP contribution in [0.3, 0.4) is 0 Å². The summed E-state index contributed by atoms with van der Waals surface area (Å²) in [5.41, 5.74) is 0.555. The lowest BCUT2D eigenvalue weighted by molar-refractivity contribution is -0.133. The lowest BCUT2D eigenvalue weighted by atomic mass is 10.0. The standard InChI is InChI=1S/C9H15NO3/c1-4-6(8(11)10-3)7(5-2)9(12)13/h4-5H2,1-3H3,(H,10,11)(H,12,13)/b7-6-. The van der Waals surface area contributed by atoms with Crippen LogP contribution in [0.15, 0.2) is 11.1 Å². The Morgan fingerprint density at radius 1 is 1.15 bits per heavy atom. The topological polar surface area (TPSA) is 66.4 Å². The minimum absolute atomic E-state index is 0.196. The van der Waals surface area contributed by atoms with E-state index in [1.165, 1.54) is 7.05 Å². The molecule has 0 aliphatic rings. The molecule has 0 saturated heterocycles. The molecule has 0 atom stereocenters. The van der Waals surface area contributed by atoms with Gasteiger partial charge >= 0.3 is 5.97 Å². The van der Waals surface area contributed by atoms with Crippen LogP contribution in [0.4, 0.5) is 0 Å². The Labute approximate surface area is 77.6 Å². The Bertz CT molecular complexity index is 243.